The number of ether oxygens (including phenoxy) is 1. The van der Waals surface area contributed by atoms with Gasteiger partial charge in [-0.1, -0.05) is 23.1 Å². The third-order valence-electron chi connectivity index (χ3n) is 5.73. The number of halogens is 4. The van der Waals surface area contributed by atoms with E-state index >= 15 is 0 Å². The number of furan rings is 1. The number of carboxylic acid groups (broad SMARTS) is 1. The number of nitrogens with one attached hydrogen (secondary N) is 1. The third-order valence-corrected chi connectivity index (χ3v) is 9.13. The lowest BCUT2D eigenvalue weighted by molar-refractivity contribution is -0.148. The molecular weight excluding hydrogens is 600 g/mol. The van der Waals surface area contributed by atoms with Gasteiger partial charge in [0.1, 0.15) is 34.5 Å². The highest BCUT2D eigenvalue weighted by atomic mass is 32.2. The average Bonchev–Trinajstić information content (AvgIpc) is 3.57. The number of nitrogens with zero attached hydrogens (tertiary/aromatic N) is 3. The largest absolute Gasteiger partial charge is 0.479 e. The number of aliphatic carboxylic acids is 1. The molecule has 4 heterocycles. The molecule has 1 saturated heterocycles. The Hall–Kier alpha value is -3.57. The van der Waals surface area contributed by atoms with E-state index in [1.807, 2.05) is 0 Å². The molecule has 2 aliphatic rings. The number of aromatic nitrogens is 2. The summed E-state index contributed by atoms with van der Waals surface area (Å²) in [6, 6.07) is 1.44. The fourth-order valence-electron chi connectivity index (χ4n) is 3.89. The van der Waals surface area contributed by atoms with E-state index in [1.165, 1.54) is 47.0 Å². The maximum Gasteiger partial charge on any atom is 0.352 e. The lowest BCUT2D eigenvalue weighted by Crippen LogP contribution is -2.70. The minimum atomic E-state index is -1.73. The number of aryl methyl sites for hydroxylation is 1. The summed E-state index contributed by atoms with van der Waals surface area (Å²) in [5.74, 6) is -10.5. The molecule has 2 aromatic heterocycles. The van der Waals surface area contributed by atoms with Crippen LogP contribution in [0.25, 0.3) is 0 Å². The molecule has 2 amide bonds. The number of rotatable bonds is 9. The normalized spacial score (nSPS) is 18.4. The molecule has 0 aliphatic carbocycles. The van der Waals surface area contributed by atoms with Crippen molar-refractivity contribution in [3.63, 3.8) is 0 Å². The van der Waals surface area contributed by atoms with Crippen LogP contribution in [0.1, 0.15) is 21.3 Å². The SMILES string of the molecule is Cc1nnc(SCC2=C(C(=O)O)N3C(=O)[C@@H](NC(=O)c4ccc(COc5c(F)c(F)cc(F)c5F)o4)[C@H]3SC2)s1. The van der Waals surface area contributed by atoms with Crippen LogP contribution in [0, 0.1) is 30.2 Å². The Labute approximate surface area is 234 Å². The molecule has 5 rings (SSSR count). The predicted octanol–water partition coefficient (Wildman–Crippen LogP) is 3.72. The smallest absolute Gasteiger partial charge is 0.352 e. The van der Waals surface area contributed by atoms with Crippen molar-refractivity contribution < 1.29 is 46.2 Å². The zero-order valence-electron chi connectivity index (χ0n) is 20.1. The fraction of sp³-hybridized carbons (Fsp3) is 0.261. The second-order valence-electron chi connectivity index (χ2n) is 8.35. The number of thioether (sulfide) groups is 2. The van der Waals surface area contributed by atoms with Crippen LogP contribution in [0.5, 0.6) is 5.75 Å². The van der Waals surface area contributed by atoms with E-state index in [4.69, 9.17) is 9.15 Å². The second-order valence-corrected chi connectivity index (χ2v) is 11.9. The lowest BCUT2D eigenvalue weighted by Gasteiger charge is -2.49. The molecule has 1 aromatic carbocycles. The molecule has 10 nitrogen and oxygen atoms in total. The summed E-state index contributed by atoms with van der Waals surface area (Å²) in [6.45, 7) is 1.13. The van der Waals surface area contributed by atoms with Crippen LogP contribution in [0.4, 0.5) is 17.6 Å². The molecule has 1 fully saturated rings. The van der Waals surface area contributed by atoms with Crippen molar-refractivity contribution in [3.05, 3.63) is 69.3 Å². The highest BCUT2D eigenvalue weighted by Gasteiger charge is 2.54. The van der Waals surface area contributed by atoms with E-state index in [1.54, 1.807) is 6.92 Å². The van der Waals surface area contributed by atoms with Crippen LogP contribution in [0.3, 0.4) is 0 Å². The van der Waals surface area contributed by atoms with Gasteiger partial charge < -0.3 is 19.6 Å². The van der Waals surface area contributed by atoms with Gasteiger partial charge >= 0.3 is 5.97 Å². The first kappa shape index (κ1) is 28.0. The van der Waals surface area contributed by atoms with Crippen LogP contribution in [-0.2, 0) is 16.2 Å². The molecule has 2 N–H and O–H groups in total. The minimum absolute atomic E-state index is 0.0381. The van der Waals surface area contributed by atoms with Crippen molar-refractivity contribution in [2.75, 3.05) is 11.5 Å². The first-order valence-electron chi connectivity index (χ1n) is 11.2. The lowest BCUT2D eigenvalue weighted by atomic mass is 10.0. The molecule has 210 valence electrons. The number of carbonyl (C=O) groups excluding carboxylic acids is 2. The third kappa shape index (κ3) is 5.27. The maximum atomic E-state index is 13.8. The van der Waals surface area contributed by atoms with Crippen molar-refractivity contribution in [2.24, 2.45) is 0 Å². The van der Waals surface area contributed by atoms with Gasteiger partial charge in [-0.3, -0.25) is 14.5 Å². The van der Waals surface area contributed by atoms with Gasteiger partial charge in [0, 0.05) is 17.6 Å². The summed E-state index contributed by atoms with van der Waals surface area (Å²) in [5.41, 5.74) is 0.394. The molecule has 40 heavy (non-hydrogen) atoms. The number of carbonyl (C=O) groups is 3. The monoisotopic (exact) mass is 616 g/mol. The standard InChI is InChI=1S/C23H16F4N4O6S3/c1-8-29-30-23(40-8)39-7-9-6-38-21-16(20(33)31(21)17(9)22(34)35)28-19(32)13-3-2-10(37-13)5-36-18-14(26)11(24)4-12(25)15(18)27/h2-4,16,21H,5-7H2,1H3,(H,28,32)(H,34,35)/t16-,21-/m1/s1. The molecule has 0 spiro atoms. The Balaban J connectivity index is 1.22. The summed E-state index contributed by atoms with van der Waals surface area (Å²) in [6.07, 6.45) is 0. The van der Waals surface area contributed by atoms with Crippen LogP contribution >= 0.6 is 34.9 Å². The van der Waals surface area contributed by atoms with E-state index in [0.29, 0.717) is 21.4 Å². The highest BCUT2D eigenvalue weighted by Crippen LogP contribution is 2.42. The van der Waals surface area contributed by atoms with Crippen molar-refractivity contribution in [1.29, 1.82) is 0 Å². The summed E-state index contributed by atoms with van der Waals surface area (Å²) in [4.78, 5) is 38.7. The van der Waals surface area contributed by atoms with Gasteiger partial charge in [-0.15, -0.1) is 22.0 Å². The number of fused-ring (bicyclic) bond motifs is 1. The summed E-state index contributed by atoms with van der Waals surface area (Å²) in [7, 11) is 0. The first-order valence-corrected chi connectivity index (χ1v) is 14.1. The Morgan fingerprint density at radius 3 is 2.60 bits per heavy atom. The first-order chi connectivity index (χ1) is 19.0. The van der Waals surface area contributed by atoms with Gasteiger partial charge in [0.2, 0.25) is 11.6 Å². The van der Waals surface area contributed by atoms with Crippen LogP contribution in [-0.4, -0.2) is 60.9 Å². The van der Waals surface area contributed by atoms with Gasteiger partial charge in [0.25, 0.3) is 11.8 Å². The Bertz CT molecular complexity index is 1530. The van der Waals surface area contributed by atoms with Crippen molar-refractivity contribution in [3.8, 4) is 5.75 Å². The molecule has 0 saturated carbocycles. The van der Waals surface area contributed by atoms with Crippen molar-refractivity contribution in [1.82, 2.24) is 20.4 Å². The molecular formula is C23H16F4N4O6S3. The maximum absolute atomic E-state index is 13.8. The van der Waals surface area contributed by atoms with Gasteiger partial charge in [-0.05, 0) is 24.6 Å². The zero-order valence-corrected chi connectivity index (χ0v) is 22.5. The molecule has 3 aromatic rings. The van der Waals surface area contributed by atoms with E-state index in [0.717, 1.165) is 9.91 Å². The van der Waals surface area contributed by atoms with Crippen LogP contribution in [0.2, 0.25) is 0 Å². The van der Waals surface area contributed by atoms with Gasteiger partial charge in [0.05, 0.1) is 0 Å². The minimum Gasteiger partial charge on any atom is -0.479 e. The van der Waals surface area contributed by atoms with Gasteiger partial charge in [-0.25, -0.2) is 13.6 Å². The predicted molar refractivity (Wildman–Crippen MR) is 134 cm³/mol. The quantitative estimate of drug-likeness (QED) is 0.159. The van der Waals surface area contributed by atoms with Crippen LogP contribution < -0.4 is 10.1 Å². The molecule has 0 radical (unpaired) electrons. The number of hydrogen-bond donors (Lipinski definition) is 2. The van der Waals surface area contributed by atoms with Crippen molar-refractivity contribution >= 4 is 52.6 Å². The average molecular weight is 617 g/mol. The second kappa shape index (κ2) is 11.1. The van der Waals surface area contributed by atoms with Crippen molar-refractivity contribution in [2.45, 2.75) is 29.3 Å². The number of benzene rings is 1. The Kier molecular flexibility index (Phi) is 7.78. The van der Waals surface area contributed by atoms with Gasteiger partial charge in [0.15, 0.2) is 27.5 Å². The molecule has 0 unspecified atom stereocenters. The topological polar surface area (TPSA) is 135 Å². The molecule has 0 bridgehead atoms. The van der Waals surface area contributed by atoms with E-state index in [-0.39, 0.29) is 23.3 Å². The summed E-state index contributed by atoms with van der Waals surface area (Å²) >= 11 is 3.97. The number of amides is 2. The molecule has 17 heteroatoms. The number of hydrogen-bond acceptors (Lipinski definition) is 10. The Morgan fingerprint density at radius 1 is 1.23 bits per heavy atom. The fourth-order valence-corrected chi connectivity index (χ4v) is 7.19. The Morgan fingerprint density at radius 2 is 1.95 bits per heavy atom. The molecule has 2 atom stereocenters. The highest BCUT2D eigenvalue weighted by molar-refractivity contribution is 8.01. The molecule has 2 aliphatic heterocycles. The number of carboxylic acids is 1. The number of β-lactam (4-membered cyclic amide) rings is 1. The van der Waals surface area contributed by atoms with E-state index < -0.39 is 64.8 Å². The van der Waals surface area contributed by atoms with Crippen LogP contribution in [0.15, 0.2) is 38.2 Å². The summed E-state index contributed by atoms with van der Waals surface area (Å²) in [5, 5.41) is 20.3. The summed E-state index contributed by atoms with van der Waals surface area (Å²) < 4.78 is 65.0. The van der Waals surface area contributed by atoms with E-state index in [2.05, 4.69) is 15.5 Å². The van der Waals surface area contributed by atoms with Gasteiger partial charge in [-0.2, -0.15) is 8.78 Å². The zero-order chi connectivity index (χ0) is 28.7. The van der Waals surface area contributed by atoms with E-state index in [9.17, 15) is 37.1 Å².